The van der Waals surface area contributed by atoms with Crippen LogP contribution in [0.3, 0.4) is 0 Å². The second kappa shape index (κ2) is 5.16. The Balaban J connectivity index is 2.20. The number of ether oxygens (including phenoxy) is 1. The largest absolute Gasteiger partial charge is 0.478 e. The summed E-state index contributed by atoms with van der Waals surface area (Å²) < 4.78 is 5.25. The van der Waals surface area contributed by atoms with Crippen LogP contribution in [0.15, 0.2) is 24.3 Å². The third kappa shape index (κ3) is 3.06. The molecule has 0 saturated heterocycles. The van der Waals surface area contributed by atoms with Crippen LogP contribution in [-0.2, 0) is 0 Å². The number of halogens is 2. The zero-order valence-corrected chi connectivity index (χ0v) is 10.2. The molecule has 0 bridgehead atoms. The van der Waals surface area contributed by atoms with Gasteiger partial charge in [-0.2, -0.15) is 15.0 Å². The predicted molar refractivity (Wildman–Crippen MR) is 63.3 cm³/mol. The van der Waals surface area contributed by atoms with E-state index in [4.69, 9.17) is 33.0 Å². The first-order valence-electron chi connectivity index (χ1n) is 4.63. The number of carbonyl (C=O) groups is 1. The van der Waals surface area contributed by atoms with Gasteiger partial charge in [-0.1, -0.05) is 0 Å². The molecular weight excluding hydrogens is 281 g/mol. The summed E-state index contributed by atoms with van der Waals surface area (Å²) in [4.78, 5) is 21.6. The van der Waals surface area contributed by atoms with Gasteiger partial charge in [0.05, 0.1) is 5.56 Å². The number of rotatable bonds is 3. The molecule has 0 aliphatic rings. The highest BCUT2D eigenvalue weighted by molar-refractivity contribution is 6.31. The summed E-state index contributed by atoms with van der Waals surface area (Å²) >= 11 is 11.2. The van der Waals surface area contributed by atoms with E-state index in [0.29, 0.717) is 5.75 Å². The average molecular weight is 286 g/mol. The van der Waals surface area contributed by atoms with E-state index in [1.807, 2.05) is 0 Å². The lowest BCUT2D eigenvalue weighted by molar-refractivity contribution is 0.0697. The van der Waals surface area contributed by atoms with E-state index in [1.54, 1.807) is 0 Å². The van der Waals surface area contributed by atoms with E-state index in [1.165, 1.54) is 24.3 Å². The number of benzene rings is 1. The van der Waals surface area contributed by atoms with Crippen LogP contribution in [0.4, 0.5) is 0 Å². The SMILES string of the molecule is O=C(O)c1ccc(Oc2nc(Cl)nc(Cl)n2)cc1. The third-order valence-electron chi connectivity index (χ3n) is 1.87. The third-order valence-corrected chi connectivity index (χ3v) is 2.21. The van der Waals surface area contributed by atoms with Crippen molar-refractivity contribution in [3.63, 3.8) is 0 Å². The second-order valence-electron chi connectivity index (χ2n) is 3.09. The maximum Gasteiger partial charge on any atom is 0.335 e. The fourth-order valence-corrected chi connectivity index (χ4v) is 1.47. The highest BCUT2D eigenvalue weighted by atomic mass is 35.5. The van der Waals surface area contributed by atoms with Crippen molar-refractivity contribution in [3.05, 3.63) is 40.4 Å². The first-order valence-corrected chi connectivity index (χ1v) is 5.38. The smallest absolute Gasteiger partial charge is 0.335 e. The predicted octanol–water partition coefficient (Wildman–Crippen LogP) is 2.67. The van der Waals surface area contributed by atoms with Crippen molar-refractivity contribution in [2.45, 2.75) is 0 Å². The van der Waals surface area contributed by atoms with Gasteiger partial charge in [0, 0.05) is 0 Å². The Morgan fingerprint density at radius 3 is 2.11 bits per heavy atom. The summed E-state index contributed by atoms with van der Waals surface area (Å²) in [5, 5.41) is 8.55. The molecule has 6 nitrogen and oxygen atoms in total. The Kier molecular flexibility index (Phi) is 3.59. The van der Waals surface area contributed by atoms with Crippen LogP contribution in [0.25, 0.3) is 0 Å². The maximum absolute atomic E-state index is 10.7. The quantitative estimate of drug-likeness (QED) is 0.933. The van der Waals surface area contributed by atoms with Crippen molar-refractivity contribution in [2.75, 3.05) is 0 Å². The molecule has 0 aliphatic heterocycles. The molecule has 0 fully saturated rings. The fourth-order valence-electron chi connectivity index (χ4n) is 1.13. The van der Waals surface area contributed by atoms with Gasteiger partial charge < -0.3 is 9.84 Å². The maximum atomic E-state index is 10.7. The number of nitrogens with zero attached hydrogens (tertiary/aromatic N) is 3. The minimum absolute atomic E-state index is 0.0666. The molecule has 2 aromatic rings. The van der Waals surface area contributed by atoms with Crippen molar-refractivity contribution < 1.29 is 14.6 Å². The van der Waals surface area contributed by atoms with Crippen LogP contribution < -0.4 is 4.74 Å². The summed E-state index contributed by atoms with van der Waals surface area (Å²) in [5.74, 6) is -0.661. The number of aromatic carboxylic acids is 1. The molecule has 0 amide bonds. The highest BCUT2D eigenvalue weighted by Gasteiger charge is 2.07. The van der Waals surface area contributed by atoms with Gasteiger partial charge >= 0.3 is 12.0 Å². The number of hydrogen-bond acceptors (Lipinski definition) is 5. The van der Waals surface area contributed by atoms with Crippen molar-refractivity contribution in [2.24, 2.45) is 0 Å². The molecule has 1 heterocycles. The van der Waals surface area contributed by atoms with Gasteiger partial charge in [-0.15, -0.1) is 0 Å². The van der Waals surface area contributed by atoms with Gasteiger partial charge in [-0.3, -0.25) is 0 Å². The van der Waals surface area contributed by atoms with Gasteiger partial charge in [-0.25, -0.2) is 4.79 Å². The standard InChI is InChI=1S/C10H5Cl2N3O3/c11-8-13-9(12)15-10(14-8)18-6-3-1-5(2-4-6)7(16)17/h1-4H,(H,16,17). The number of carboxylic acids is 1. The van der Waals surface area contributed by atoms with Gasteiger partial charge in [-0.05, 0) is 47.5 Å². The molecule has 0 unspecified atom stereocenters. The highest BCUT2D eigenvalue weighted by Crippen LogP contribution is 2.20. The molecule has 1 aromatic heterocycles. The fraction of sp³-hybridized carbons (Fsp3) is 0. The summed E-state index contributed by atoms with van der Waals surface area (Å²) in [6.07, 6.45) is 0. The molecule has 2 rings (SSSR count). The molecule has 18 heavy (non-hydrogen) atoms. The molecule has 0 radical (unpaired) electrons. The van der Waals surface area contributed by atoms with Crippen LogP contribution in [0.5, 0.6) is 11.8 Å². The number of carboxylic acid groups (broad SMARTS) is 1. The summed E-state index contributed by atoms with van der Waals surface area (Å²) in [7, 11) is 0. The Morgan fingerprint density at radius 2 is 1.61 bits per heavy atom. The van der Waals surface area contributed by atoms with Crippen LogP contribution in [0.2, 0.25) is 10.6 Å². The van der Waals surface area contributed by atoms with Crippen molar-refractivity contribution in [1.29, 1.82) is 0 Å². The van der Waals surface area contributed by atoms with E-state index in [9.17, 15) is 4.79 Å². The molecule has 1 N–H and O–H groups in total. The lowest BCUT2D eigenvalue weighted by Gasteiger charge is -2.03. The molecule has 8 heteroatoms. The average Bonchev–Trinajstić information content (AvgIpc) is 2.28. The number of hydrogen-bond donors (Lipinski definition) is 1. The summed E-state index contributed by atoms with van der Waals surface area (Å²) in [5.41, 5.74) is 0.147. The summed E-state index contributed by atoms with van der Waals surface area (Å²) in [6, 6.07) is 5.65. The Morgan fingerprint density at radius 1 is 1.06 bits per heavy atom. The normalized spacial score (nSPS) is 10.1. The zero-order chi connectivity index (χ0) is 13.1. The topological polar surface area (TPSA) is 85.2 Å². The van der Waals surface area contributed by atoms with Crippen LogP contribution in [-0.4, -0.2) is 26.0 Å². The molecular formula is C10H5Cl2N3O3. The van der Waals surface area contributed by atoms with E-state index in [-0.39, 0.29) is 22.1 Å². The van der Waals surface area contributed by atoms with Gasteiger partial charge in [0.1, 0.15) is 5.75 Å². The molecule has 0 spiro atoms. The lowest BCUT2D eigenvalue weighted by atomic mass is 10.2. The van der Waals surface area contributed by atoms with E-state index < -0.39 is 5.97 Å². The molecule has 0 aliphatic carbocycles. The van der Waals surface area contributed by atoms with Crippen molar-refractivity contribution in [3.8, 4) is 11.8 Å². The van der Waals surface area contributed by atoms with E-state index >= 15 is 0 Å². The Bertz CT molecular complexity index is 569. The zero-order valence-electron chi connectivity index (χ0n) is 8.67. The van der Waals surface area contributed by atoms with E-state index in [2.05, 4.69) is 15.0 Å². The van der Waals surface area contributed by atoms with Crippen LogP contribution >= 0.6 is 23.2 Å². The minimum atomic E-state index is -1.02. The van der Waals surface area contributed by atoms with Crippen LogP contribution in [0, 0.1) is 0 Å². The summed E-state index contributed by atoms with van der Waals surface area (Å²) in [6.45, 7) is 0. The first kappa shape index (κ1) is 12.5. The van der Waals surface area contributed by atoms with Gasteiger partial charge in [0.2, 0.25) is 10.6 Å². The Hall–Kier alpha value is -1.92. The minimum Gasteiger partial charge on any atom is -0.478 e. The molecule has 0 saturated carbocycles. The van der Waals surface area contributed by atoms with E-state index in [0.717, 1.165) is 0 Å². The van der Waals surface area contributed by atoms with Gasteiger partial charge in [0.25, 0.3) is 0 Å². The second-order valence-corrected chi connectivity index (χ2v) is 3.76. The van der Waals surface area contributed by atoms with Crippen molar-refractivity contribution >= 4 is 29.2 Å². The molecule has 92 valence electrons. The lowest BCUT2D eigenvalue weighted by Crippen LogP contribution is -1.97. The van der Waals surface area contributed by atoms with Crippen molar-refractivity contribution in [1.82, 2.24) is 15.0 Å². The molecule has 0 atom stereocenters. The first-order chi connectivity index (χ1) is 8.54. The van der Waals surface area contributed by atoms with Gasteiger partial charge in [0.15, 0.2) is 0 Å². The monoisotopic (exact) mass is 285 g/mol. The Labute approximate surface area is 111 Å². The van der Waals surface area contributed by atoms with Crippen LogP contribution in [0.1, 0.15) is 10.4 Å². The number of aromatic nitrogens is 3. The molecule has 1 aromatic carbocycles.